The Labute approximate surface area is 120 Å². The molecule has 19 heavy (non-hydrogen) atoms. The van der Waals surface area contributed by atoms with Crippen LogP contribution in [0.5, 0.6) is 0 Å². The molecule has 1 aromatic heterocycles. The number of nitrogens with one attached hydrogen (secondary N) is 1. The summed E-state index contributed by atoms with van der Waals surface area (Å²) in [7, 11) is 0. The number of nitrogens with zero attached hydrogens (tertiary/aromatic N) is 1. The third kappa shape index (κ3) is 3.49. The zero-order valence-electron chi connectivity index (χ0n) is 9.76. The van der Waals surface area contributed by atoms with Crippen molar-refractivity contribution >= 4 is 40.4 Å². The Bertz CT molecular complexity index is 628. The van der Waals surface area contributed by atoms with Gasteiger partial charge in [-0.3, -0.25) is 4.79 Å². The molecule has 0 atom stereocenters. The van der Waals surface area contributed by atoms with E-state index in [4.69, 9.17) is 29.6 Å². The summed E-state index contributed by atoms with van der Waals surface area (Å²) in [6, 6.07) is 10.1. The number of rotatable bonds is 3. The minimum atomic E-state index is -0.322. The molecular formula is C13H10ClN3OS. The fourth-order valence-corrected chi connectivity index (χ4v) is 1.69. The molecule has 4 nitrogen and oxygen atoms in total. The van der Waals surface area contributed by atoms with Crippen LogP contribution in [0.15, 0.2) is 42.6 Å². The summed E-state index contributed by atoms with van der Waals surface area (Å²) in [5, 5.41) is 3.19. The van der Waals surface area contributed by atoms with E-state index in [1.54, 1.807) is 36.4 Å². The number of aromatic nitrogens is 1. The number of thiocarbonyl (C=S) groups is 1. The lowest BCUT2D eigenvalue weighted by molar-refractivity contribution is 0.102. The second-order valence-electron chi connectivity index (χ2n) is 3.76. The summed E-state index contributed by atoms with van der Waals surface area (Å²) >= 11 is 10.6. The summed E-state index contributed by atoms with van der Waals surface area (Å²) < 4.78 is 0. The van der Waals surface area contributed by atoms with Crippen molar-refractivity contribution in [3.8, 4) is 0 Å². The smallest absolute Gasteiger partial charge is 0.274 e. The summed E-state index contributed by atoms with van der Waals surface area (Å²) in [6.07, 6.45) is 1.42. The third-order valence-corrected chi connectivity index (χ3v) is 2.82. The van der Waals surface area contributed by atoms with Crippen LogP contribution in [0.25, 0.3) is 0 Å². The van der Waals surface area contributed by atoms with E-state index >= 15 is 0 Å². The number of benzene rings is 1. The summed E-state index contributed by atoms with van der Waals surface area (Å²) in [5.74, 6) is -0.322. The van der Waals surface area contributed by atoms with Gasteiger partial charge in [-0.25, -0.2) is 4.98 Å². The number of amides is 1. The van der Waals surface area contributed by atoms with Crippen LogP contribution in [0.3, 0.4) is 0 Å². The fraction of sp³-hybridized carbons (Fsp3) is 0. The molecule has 0 saturated carbocycles. The van der Waals surface area contributed by atoms with Gasteiger partial charge in [0.05, 0.1) is 5.02 Å². The van der Waals surface area contributed by atoms with Crippen LogP contribution in [0.4, 0.5) is 5.69 Å². The van der Waals surface area contributed by atoms with Crippen molar-refractivity contribution in [3.05, 3.63) is 58.9 Å². The molecule has 3 N–H and O–H groups in total. The molecule has 1 heterocycles. The normalized spacial score (nSPS) is 9.95. The van der Waals surface area contributed by atoms with Crippen molar-refractivity contribution in [2.75, 3.05) is 5.32 Å². The summed E-state index contributed by atoms with van der Waals surface area (Å²) in [5.41, 5.74) is 7.11. The van der Waals surface area contributed by atoms with E-state index in [2.05, 4.69) is 10.3 Å². The highest BCUT2D eigenvalue weighted by Crippen LogP contribution is 2.12. The molecule has 96 valence electrons. The third-order valence-electron chi connectivity index (χ3n) is 2.36. The van der Waals surface area contributed by atoms with Crippen LogP contribution in [-0.4, -0.2) is 15.9 Å². The second-order valence-corrected chi connectivity index (χ2v) is 4.64. The molecule has 0 radical (unpaired) electrons. The van der Waals surface area contributed by atoms with Gasteiger partial charge in [0.2, 0.25) is 0 Å². The number of hydrogen-bond donors (Lipinski definition) is 2. The number of nitrogens with two attached hydrogens (primary N) is 1. The Morgan fingerprint density at radius 1 is 1.32 bits per heavy atom. The Morgan fingerprint density at radius 2 is 2.11 bits per heavy atom. The van der Waals surface area contributed by atoms with Gasteiger partial charge in [0.25, 0.3) is 5.91 Å². The molecule has 0 aliphatic rings. The molecule has 1 amide bonds. The molecule has 0 saturated heterocycles. The first-order chi connectivity index (χ1) is 9.06. The highest BCUT2D eigenvalue weighted by molar-refractivity contribution is 7.80. The van der Waals surface area contributed by atoms with Crippen molar-refractivity contribution in [3.63, 3.8) is 0 Å². The number of hydrogen-bond acceptors (Lipinski definition) is 3. The van der Waals surface area contributed by atoms with E-state index in [1.165, 1.54) is 6.20 Å². The Kier molecular flexibility index (Phi) is 4.09. The molecule has 6 heteroatoms. The zero-order chi connectivity index (χ0) is 13.8. The van der Waals surface area contributed by atoms with Gasteiger partial charge in [-0.2, -0.15) is 0 Å². The Morgan fingerprint density at radius 3 is 2.74 bits per heavy atom. The topological polar surface area (TPSA) is 68.0 Å². The molecule has 0 bridgehead atoms. The lowest BCUT2D eigenvalue weighted by atomic mass is 10.2. The lowest BCUT2D eigenvalue weighted by Gasteiger charge is -2.06. The largest absolute Gasteiger partial charge is 0.389 e. The van der Waals surface area contributed by atoms with Gasteiger partial charge in [0.1, 0.15) is 10.7 Å². The van der Waals surface area contributed by atoms with E-state index in [-0.39, 0.29) is 16.6 Å². The van der Waals surface area contributed by atoms with Crippen molar-refractivity contribution in [2.24, 2.45) is 5.73 Å². The molecule has 1 aromatic carbocycles. The molecule has 2 rings (SSSR count). The van der Waals surface area contributed by atoms with Crippen LogP contribution < -0.4 is 11.1 Å². The average molecular weight is 292 g/mol. The number of halogens is 1. The van der Waals surface area contributed by atoms with Crippen LogP contribution in [0.1, 0.15) is 16.1 Å². The monoisotopic (exact) mass is 291 g/mol. The van der Waals surface area contributed by atoms with Crippen LogP contribution in [0, 0.1) is 0 Å². The highest BCUT2D eigenvalue weighted by Gasteiger charge is 2.08. The minimum Gasteiger partial charge on any atom is -0.389 e. The molecule has 0 aliphatic heterocycles. The molecule has 0 aliphatic carbocycles. The maximum absolute atomic E-state index is 11.9. The van der Waals surface area contributed by atoms with Gasteiger partial charge in [0.15, 0.2) is 0 Å². The SMILES string of the molecule is NC(=S)c1cccc(NC(=O)c2ccc(Cl)cn2)c1. The first-order valence-electron chi connectivity index (χ1n) is 5.39. The van der Waals surface area contributed by atoms with Crippen LogP contribution >= 0.6 is 23.8 Å². The van der Waals surface area contributed by atoms with Crippen molar-refractivity contribution in [1.29, 1.82) is 0 Å². The van der Waals surface area contributed by atoms with E-state index in [1.807, 2.05) is 0 Å². The van der Waals surface area contributed by atoms with Crippen molar-refractivity contribution in [1.82, 2.24) is 4.98 Å². The Balaban J connectivity index is 2.17. The van der Waals surface area contributed by atoms with E-state index in [9.17, 15) is 4.79 Å². The maximum Gasteiger partial charge on any atom is 0.274 e. The molecule has 0 unspecified atom stereocenters. The number of carbonyl (C=O) groups excluding carboxylic acids is 1. The summed E-state index contributed by atoms with van der Waals surface area (Å²) in [4.78, 5) is 16.1. The zero-order valence-corrected chi connectivity index (χ0v) is 11.3. The minimum absolute atomic E-state index is 0.278. The summed E-state index contributed by atoms with van der Waals surface area (Å²) in [6.45, 7) is 0. The first kappa shape index (κ1) is 13.5. The number of pyridine rings is 1. The van der Waals surface area contributed by atoms with Gasteiger partial charge < -0.3 is 11.1 Å². The van der Waals surface area contributed by atoms with Gasteiger partial charge in [-0.05, 0) is 24.3 Å². The maximum atomic E-state index is 11.9. The first-order valence-corrected chi connectivity index (χ1v) is 6.17. The predicted octanol–water partition coefficient (Wildman–Crippen LogP) is 2.62. The highest BCUT2D eigenvalue weighted by atomic mass is 35.5. The van der Waals surface area contributed by atoms with Crippen molar-refractivity contribution < 1.29 is 4.79 Å². The van der Waals surface area contributed by atoms with Gasteiger partial charge in [0, 0.05) is 17.4 Å². The molecular weight excluding hydrogens is 282 g/mol. The molecule has 0 spiro atoms. The van der Waals surface area contributed by atoms with E-state index in [0.29, 0.717) is 16.3 Å². The van der Waals surface area contributed by atoms with Crippen molar-refractivity contribution in [2.45, 2.75) is 0 Å². The number of carbonyl (C=O) groups is 1. The average Bonchev–Trinajstić information content (AvgIpc) is 2.39. The fourth-order valence-electron chi connectivity index (χ4n) is 1.46. The van der Waals surface area contributed by atoms with E-state index in [0.717, 1.165) is 0 Å². The Hall–Kier alpha value is -1.98. The molecule has 2 aromatic rings. The quantitative estimate of drug-likeness (QED) is 0.853. The van der Waals surface area contributed by atoms with Gasteiger partial charge in [-0.1, -0.05) is 36.0 Å². The van der Waals surface area contributed by atoms with E-state index < -0.39 is 0 Å². The lowest BCUT2D eigenvalue weighted by Crippen LogP contribution is -2.14. The molecule has 0 fully saturated rings. The van der Waals surface area contributed by atoms with Crippen LogP contribution in [-0.2, 0) is 0 Å². The predicted molar refractivity (Wildman–Crippen MR) is 79.5 cm³/mol. The van der Waals surface area contributed by atoms with Gasteiger partial charge in [-0.15, -0.1) is 0 Å². The van der Waals surface area contributed by atoms with Gasteiger partial charge >= 0.3 is 0 Å². The number of anilines is 1. The second kappa shape index (κ2) is 5.77. The standard InChI is InChI=1S/C13H10ClN3OS/c14-9-4-5-11(16-7-9)13(18)17-10-3-1-2-8(6-10)12(15)19/h1-7H,(H2,15,19)(H,17,18). The van der Waals surface area contributed by atoms with Crippen LogP contribution in [0.2, 0.25) is 5.02 Å².